The number of rotatable bonds is 6. The number of hydrogen-bond donors (Lipinski definition) is 0. The third-order valence-electron chi connectivity index (χ3n) is 2.97. The molecule has 0 unspecified atom stereocenters. The van der Waals surface area contributed by atoms with Crippen LogP contribution < -0.4 is 0 Å². The molecule has 0 aromatic heterocycles. The Morgan fingerprint density at radius 2 is 1.76 bits per heavy atom. The Bertz CT molecular complexity index is 508. The van der Waals surface area contributed by atoms with Gasteiger partial charge in [-0.3, -0.25) is 14.5 Å². The second-order valence-corrected chi connectivity index (χ2v) is 4.27. The van der Waals surface area contributed by atoms with Crippen molar-refractivity contribution in [2.45, 2.75) is 13.8 Å². The van der Waals surface area contributed by atoms with Crippen LogP contribution in [-0.2, 0) is 9.59 Å². The van der Waals surface area contributed by atoms with Crippen molar-refractivity contribution in [3.63, 3.8) is 0 Å². The molecule has 0 aliphatic carbocycles. The van der Waals surface area contributed by atoms with Crippen molar-refractivity contribution in [3.8, 4) is 0 Å². The maximum atomic E-state index is 12.2. The number of hydrogen-bond acceptors (Lipinski definition) is 3. The summed E-state index contributed by atoms with van der Waals surface area (Å²) in [7, 11) is 0. The van der Waals surface area contributed by atoms with Crippen molar-refractivity contribution in [2.24, 2.45) is 0 Å². The fraction of sp³-hybridized carbons (Fsp3) is 0.312. The minimum atomic E-state index is -0.529. The summed E-state index contributed by atoms with van der Waals surface area (Å²) in [4.78, 5) is 37.2. The van der Waals surface area contributed by atoms with Gasteiger partial charge in [0.05, 0.1) is 6.54 Å². The second-order valence-electron chi connectivity index (χ2n) is 4.27. The SMILES string of the molecule is CCN(CC)C(=O)N(C[C]=O)C(=O)C=Cc1ccccc1. The first-order chi connectivity index (χ1) is 10.1. The van der Waals surface area contributed by atoms with E-state index in [4.69, 9.17) is 0 Å². The number of urea groups is 1. The molecular weight excluding hydrogens is 268 g/mol. The first kappa shape index (κ1) is 16.6. The first-order valence-corrected chi connectivity index (χ1v) is 6.82. The normalized spacial score (nSPS) is 10.4. The largest absolute Gasteiger partial charge is 0.327 e. The zero-order valence-electron chi connectivity index (χ0n) is 12.3. The van der Waals surface area contributed by atoms with Gasteiger partial charge in [0, 0.05) is 19.2 Å². The van der Waals surface area contributed by atoms with Crippen molar-refractivity contribution in [3.05, 3.63) is 42.0 Å². The molecule has 0 spiro atoms. The van der Waals surface area contributed by atoms with Gasteiger partial charge in [0.15, 0.2) is 0 Å². The molecule has 0 atom stereocenters. The molecule has 1 rings (SSSR count). The summed E-state index contributed by atoms with van der Waals surface area (Å²) in [5.41, 5.74) is 0.844. The van der Waals surface area contributed by atoms with E-state index in [0.29, 0.717) is 13.1 Å². The molecule has 0 aliphatic rings. The molecule has 21 heavy (non-hydrogen) atoms. The zero-order valence-corrected chi connectivity index (χ0v) is 12.3. The summed E-state index contributed by atoms with van der Waals surface area (Å²) >= 11 is 0. The van der Waals surface area contributed by atoms with E-state index >= 15 is 0 Å². The van der Waals surface area contributed by atoms with E-state index in [1.807, 2.05) is 44.2 Å². The van der Waals surface area contributed by atoms with Gasteiger partial charge < -0.3 is 4.90 Å². The third kappa shape index (κ3) is 4.87. The van der Waals surface area contributed by atoms with Gasteiger partial charge in [-0.2, -0.15) is 0 Å². The number of carbonyl (C=O) groups is 2. The molecule has 0 bridgehead atoms. The summed E-state index contributed by atoms with van der Waals surface area (Å²) < 4.78 is 0. The zero-order chi connectivity index (χ0) is 15.7. The summed E-state index contributed by atoms with van der Waals surface area (Å²) in [5.74, 6) is -0.529. The molecule has 0 saturated heterocycles. The van der Waals surface area contributed by atoms with Gasteiger partial charge in [0.2, 0.25) is 6.29 Å². The smallest absolute Gasteiger partial charge is 0.325 e. The van der Waals surface area contributed by atoms with Gasteiger partial charge in [-0.05, 0) is 25.5 Å². The molecule has 0 saturated carbocycles. The van der Waals surface area contributed by atoms with Gasteiger partial charge in [-0.1, -0.05) is 30.3 Å². The minimum Gasteiger partial charge on any atom is -0.325 e. The number of imide groups is 1. The highest BCUT2D eigenvalue weighted by Crippen LogP contribution is 2.04. The van der Waals surface area contributed by atoms with E-state index in [0.717, 1.165) is 10.5 Å². The number of amides is 3. The number of nitrogens with zero attached hydrogens (tertiary/aromatic N) is 2. The predicted molar refractivity (Wildman–Crippen MR) is 81.2 cm³/mol. The molecule has 0 fully saturated rings. The molecule has 1 aromatic carbocycles. The molecule has 0 heterocycles. The van der Waals surface area contributed by atoms with Crippen molar-refractivity contribution in [1.29, 1.82) is 0 Å². The molecule has 0 N–H and O–H groups in total. The van der Waals surface area contributed by atoms with Crippen LogP contribution in [0, 0.1) is 0 Å². The van der Waals surface area contributed by atoms with Crippen molar-refractivity contribution >= 4 is 24.3 Å². The topological polar surface area (TPSA) is 57.7 Å². The molecular formula is C16H19N2O3. The summed E-state index contributed by atoms with van der Waals surface area (Å²) in [5, 5.41) is 0. The van der Waals surface area contributed by atoms with E-state index in [1.54, 1.807) is 12.4 Å². The summed E-state index contributed by atoms with van der Waals surface area (Å²) in [6.45, 7) is 4.21. The Hall–Kier alpha value is -2.43. The van der Waals surface area contributed by atoms with E-state index < -0.39 is 11.9 Å². The van der Waals surface area contributed by atoms with Crippen LogP contribution >= 0.6 is 0 Å². The first-order valence-electron chi connectivity index (χ1n) is 6.82. The molecule has 5 heteroatoms. The average Bonchev–Trinajstić information content (AvgIpc) is 2.52. The van der Waals surface area contributed by atoms with E-state index in [9.17, 15) is 14.4 Å². The lowest BCUT2D eigenvalue weighted by atomic mass is 10.2. The van der Waals surface area contributed by atoms with Gasteiger partial charge in [0.1, 0.15) is 0 Å². The van der Waals surface area contributed by atoms with Crippen molar-refractivity contribution in [1.82, 2.24) is 9.80 Å². The lowest BCUT2D eigenvalue weighted by Crippen LogP contribution is -2.46. The molecule has 1 aromatic rings. The van der Waals surface area contributed by atoms with Gasteiger partial charge in [-0.25, -0.2) is 4.79 Å². The van der Waals surface area contributed by atoms with Crippen LogP contribution in [0.2, 0.25) is 0 Å². The lowest BCUT2D eigenvalue weighted by Gasteiger charge is -2.25. The Morgan fingerprint density at radius 3 is 2.29 bits per heavy atom. The van der Waals surface area contributed by atoms with E-state index in [2.05, 4.69) is 0 Å². The fourth-order valence-corrected chi connectivity index (χ4v) is 1.79. The van der Waals surface area contributed by atoms with Crippen LogP contribution in [0.4, 0.5) is 4.79 Å². The molecule has 111 valence electrons. The highest BCUT2D eigenvalue weighted by molar-refractivity contribution is 6.03. The van der Waals surface area contributed by atoms with Crippen LogP contribution in [0.15, 0.2) is 36.4 Å². The number of benzene rings is 1. The van der Waals surface area contributed by atoms with Crippen LogP contribution in [0.5, 0.6) is 0 Å². The maximum absolute atomic E-state index is 12.2. The lowest BCUT2D eigenvalue weighted by molar-refractivity contribution is -0.123. The molecule has 5 nitrogen and oxygen atoms in total. The molecule has 3 amide bonds. The monoisotopic (exact) mass is 287 g/mol. The average molecular weight is 287 g/mol. The standard InChI is InChI=1S/C16H19N2O3/c1-3-17(4-2)16(21)18(12-13-19)15(20)11-10-14-8-6-5-7-9-14/h5-11H,3-4,12H2,1-2H3. The molecule has 1 radical (unpaired) electrons. The van der Waals surface area contributed by atoms with Crippen LogP contribution in [0.3, 0.4) is 0 Å². The highest BCUT2D eigenvalue weighted by Gasteiger charge is 2.23. The van der Waals surface area contributed by atoms with Crippen LogP contribution in [0.1, 0.15) is 19.4 Å². The highest BCUT2D eigenvalue weighted by atomic mass is 16.2. The maximum Gasteiger partial charge on any atom is 0.327 e. The third-order valence-corrected chi connectivity index (χ3v) is 2.97. The van der Waals surface area contributed by atoms with Crippen molar-refractivity contribution in [2.75, 3.05) is 19.6 Å². The van der Waals surface area contributed by atoms with Gasteiger partial charge in [-0.15, -0.1) is 0 Å². The molecule has 0 aliphatic heterocycles. The Morgan fingerprint density at radius 1 is 1.14 bits per heavy atom. The predicted octanol–water partition coefficient (Wildman–Crippen LogP) is 2.10. The fourth-order valence-electron chi connectivity index (χ4n) is 1.79. The van der Waals surface area contributed by atoms with Gasteiger partial charge in [0.25, 0.3) is 5.91 Å². The van der Waals surface area contributed by atoms with Gasteiger partial charge >= 0.3 is 6.03 Å². The minimum absolute atomic E-state index is 0.368. The van der Waals surface area contributed by atoms with Crippen LogP contribution in [0.25, 0.3) is 6.08 Å². The Balaban J connectivity index is 2.85. The summed E-state index contributed by atoms with van der Waals surface area (Å²) in [6.07, 6.45) is 4.50. The number of carbonyl (C=O) groups excluding carboxylic acids is 3. The second kappa shape index (κ2) is 8.68. The Kier molecular flexibility index (Phi) is 6.87. The van der Waals surface area contributed by atoms with Crippen LogP contribution in [-0.4, -0.2) is 47.7 Å². The Labute approximate surface area is 124 Å². The van der Waals surface area contributed by atoms with E-state index in [-0.39, 0.29) is 6.54 Å². The van der Waals surface area contributed by atoms with E-state index in [1.165, 1.54) is 11.0 Å². The summed E-state index contributed by atoms with van der Waals surface area (Å²) in [6, 6.07) is 8.77. The van der Waals surface area contributed by atoms with Crippen molar-refractivity contribution < 1.29 is 14.4 Å². The quantitative estimate of drug-likeness (QED) is 0.753.